The van der Waals surface area contributed by atoms with E-state index in [2.05, 4.69) is 31.9 Å². The van der Waals surface area contributed by atoms with Gasteiger partial charge in [0.25, 0.3) is 0 Å². The van der Waals surface area contributed by atoms with Crippen LogP contribution in [0.1, 0.15) is 43.6 Å². The van der Waals surface area contributed by atoms with Crippen molar-refractivity contribution in [3.8, 4) is 28.4 Å². The minimum Gasteiger partial charge on any atom is -0.505 e. The Labute approximate surface area is 210 Å². The van der Waals surface area contributed by atoms with E-state index in [1.165, 1.54) is 37.2 Å². The van der Waals surface area contributed by atoms with Crippen LogP contribution in [0.2, 0.25) is 0 Å². The van der Waals surface area contributed by atoms with E-state index in [1.54, 1.807) is 0 Å². The average molecular weight is 489 g/mol. The highest BCUT2D eigenvalue weighted by atomic mass is 19.1. The summed E-state index contributed by atoms with van der Waals surface area (Å²) >= 11 is 0. The van der Waals surface area contributed by atoms with Gasteiger partial charge in [0.1, 0.15) is 5.69 Å². The standard InChI is InChI=1S/C28H33FN6O/c1-3-18-14-26(36)22(29)15-21(18)19-6-7-20-24(13-19)32-33-27(20)28-30-23-8-10-34(16-25(23)31-28)11-12-35-9-4-5-17(35)2/h6-7,13-15,17,36H,3-5,8-12,16H2,1-2H3,(H,30,31)(H,32,33). The Morgan fingerprint density at radius 2 is 2.06 bits per heavy atom. The van der Waals surface area contributed by atoms with Crippen molar-refractivity contribution in [3.05, 3.63) is 53.1 Å². The number of benzene rings is 2. The predicted molar refractivity (Wildman–Crippen MR) is 139 cm³/mol. The number of rotatable bonds is 6. The van der Waals surface area contributed by atoms with Crippen molar-refractivity contribution in [2.45, 2.75) is 52.1 Å². The van der Waals surface area contributed by atoms with Gasteiger partial charge in [0, 0.05) is 44.0 Å². The molecule has 2 aliphatic rings. The summed E-state index contributed by atoms with van der Waals surface area (Å²) in [5, 5.41) is 18.5. The van der Waals surface area contributed by atoms with Gasteiger partial charge >= 0.3 is 0 Å². The Morgan fingerprint density at radius 3 is 2.86 bits per heavy atom. The molecule has 1 saturated heterocycles. The molecular weight excluding hydrogens is 455 g/mol. The van der Waals surface area contributed by atoms with E-state index in [0.29, 0.717) is 12.5 Å². The maximum Gasteiger partial charge on any atom is 0.165 e. The molecule has 36 heavy (non-hydrogen) atoms. The summed E-state index contributed by atoms with van der Waals surface area (Å²) in [5.41, 5.74) is 6.56. The Bertz CT molecular complexity index is 1410. The number of hydrogen-bond acceptors (Lipinski definition) is 5. The molecular formula is C28H33FN6O. The van der Waals surface area contributed by atoms with Crippen molar-refractivity contribution in [1.82, 2.24) is 30.0 Å². The van der Waals surface area contributed by atoms with Crippen LogP contribution in [0.4, 0.5) is 4.39 Å². The topological polar surface area (TPSA) is 84.1 Å². The lowest BCUT2D eigenvalue weighted by Gasteiger charge is -2.29. The van der Waals surface area contributed by atoms with Gasteiger partial charge in [0.15, 0.2) is 17.4 Å². The normalized spacial score (nSPS) is 18.8. The van der Waals surface area contributed by atoms with Gasteiger partial charge in [-0.3, -0.25) is 14.9 Å². The molecule has 188 valence electrons. The Balaban J connectivity index is 1.23. The van der Waals surface area contributed by atoms with Crippen molar-refractivity contribution in [2.24, 2.45) is 0 Å². The van der Waals surface area contributed by atoms with Crippen LogP contribution in [0.3, 0.4) is 0 Å². The lowest BCUT2D eigenvalue weighted by atomic mass is 9.96. The summed E-state index contributed by atoms with van der Waals surface area (Å²) in [6.45, 7) is 9.71. The number of imidazole rings is 1. The van der Waals surface area contributed by atoms with E-state index in [9.17, 15) is 9.50 Å². The number of aromatic amines is 2. The molecule has 1 fully saturated rings. The summed E-state index contributed by atoms with van der Waals surface area (Å²) in [4.78, 5) is 13.6. The van der Waals surface area contributed by atoms with Crippen LogP contribution in [0, 0.1) is 5.82 Å². The van der Waals surface area contributed by atoms with Crippen molar-refractivity contribution in [3.63, 3.8) is 0 Å². The zero-order valence-corrected chi connectivity index (χ0v) is 20.9. The van der Waals surface area contributed by atoms with Gasteiger partial charge in [-0.1, -0.05) is 13.0 Å². The van der Waals surface area contributed by atoms with Crippen molar-refractivity contribution >= 4 is 10.9 Å². The monoisotopic (exact) mass is 488 g/mol. The van der Waals surface area contributed by atoms with Crippen LogP contribution in [0.25, 0.3) is 33.5 Å². The Kier molecular flexibility index (Phi) is 6.01. The van der Waals surface area contributed by atoms with Crippen LogP contribution in [0.15, 0.2) is 30.3 Å². The number of aromatic hydroxyl groups is 1. The number of phenolic OH excluding ortho intramolecular Hbond substituents is 1. The summed E-state index contributed by atoms with van der Waals surface area (Å²) in [6, 6.07) is 9.61. The van der Waals surface area contributed by atoms with Crippen molar-refractivity contribution < 1.29 is 9.50 Å². The first-order chi connectivity index (χ1) is 17.5. The summed E-state index contributed by atoms with van der Waals surface area (Å²) in [5.74, 6) is -0.136. The average Bonchev–Trinajstić information content (AvgIpc) is 3.61. The molecule has 6 rings (SSSR count). The molecule has 1 unspecified atom stereocenters. The number of H-pyrrole nitrogens is 2. The molecule has 1 atom stereocenters. The Morgan fingerprint density at radius 1 is 1.17 bits per heavy atom. The first kappa shape index (κ1) is 23.2. The smallest absolute Gasteiger partial charge is 0.165 e. The minimum absolute atomic E-state index is 0.313. The van der Waals surface area contributed by atoms with Crippen LogP contribution in [-0.2, 0) is 19.4 Å². The molecule has 0 spiro atoms. The molecule has 3 N–H and O–H groups in total. The summed E-state index contributed by atoms with van der Waals surface area (Å²) < 4.78 is 14.1. The number of aromatic nitrogens is 4. The highest BCUT2D eigenvalue weighted by Crippen LogP contribution is 2.34. The minimum atomic E-state index is -0.613. The van der Waals surface area contributed by atoms with E-state index in [0.717, 1.165) is 77.4 Å². The van der Waals surface area contributed by atoms with Crippen LogP contribution >= 0.6 is 0 Å². The van der Waals surface area contributed by atoms with Gasteiger partial charge in [0.05, 0.1) is 16.9 Å². The third-order valence-electron chi connectivity index (χ3n) is 7.96. The van der Waals surface area contributed by atoms with Gasteiger partial charge in [-0.2, -0.15) is 5.10 Å². The number of aryl methyl sites for hydroxylation is 1. The van der Waals surface area contributed by atoms with Crippen molar-refractivity contribution in [1.29, 1.82) is 0 Å². The molecule has 7 nitrogen and oxygen atoms in total. The van der Waals surface area contributed by atoms with Gasteiger partial charge in [-0.05, 0) is 73.7 Å². The lowest BCUT2D eigenvalue weighted by molar-refractivity contribution is 0.187. The van der Waals surface area contributed by atoms with Crippen LogP contribution in [-0.4, -0.2) is 67.3 Å². The molecule has 4 heterocycles. The van der Waals surface area contributed by atoms with E-state index in [4.69, 9.17) is 4.98 Å². The second-order valence-corrected chi connectivity index (χ2v) is 10.2. The molecule has 0 amide bonds. The van der Waals surface area contributed by atoms with Gasteiger partial charge in [0.2, 0.25) is 0 Å². The number of halogens is 1. The molecule has 0 bridgehead atoms. The Hall–Kier alpha value is -3.23. The maximum absolute atomic E-state index is 14.1. The third-order valence-corrected chi connectivity index (χ3v) is 7.96. The fraction of sp³-hybridized carbons (Fsp3) is 0.429. The third kappa shape index (κ3) is 4.18. The number of phenols is 1. The number of hydrogen-bond donors (Lipinski definition) is 3. The second kappa shape index (κ2) is 9.33. The molecule has 2 aromatic carbocycles. The maximum atomic E-state index is 14.1. The molecule has 2 aliphatic heterocycles. The largest absolute Gasteiger partial charge is 0.505 e. The number of nitrogens with zero attached hydrogens (tertiary/aromatic N) is 4. The first-order valence-electron chi connectivity index (χ1n) is 13.0. The van der Waals surface area contributed by atoms with E-state index >= 15 is 0 Å². The molecule has 0 aliphatic carbocycles. The first-order valence-corrected chi connectivity index (χ1v) is 13.0. The zero-order valence-electron chi connectivity index (χ0n) is 20.9. The van der Waals surface area contributed by atoms with E-state index in [1.807, 2.05) is 25.1 Å². The number of fused-ring (bicyclic) bond motifs is 2. The van der Waals surface area contributed by atoms with E-state index in [-0.39, 0.29) is 5.75 Å². The molecule has 8 heteroatoms. The number of nitrogens with one attached hydrogen (secondary N) is 2. The summed E-state index contributed by atoms with van der Waals surface area (Å²) in [7, 11) is 0. The van der Waals surface area contributed by atoms with E-state index < -0.39 is 5.82 Å². The fourth-order valence-electron chi connectivity index (χ4n) is 5.78. The zero-order chi connectivity index (χ0) is 24.8. The predicted octanol–water partition coefficient (Wildman–Crippen LogP) is 4.87. The number of likely N-dealkylation sites (tertiary alicyclic amines) is 1. The second-order valence-electron chi connectivity index (χ2n) is 10.2. The highest BCUT2D eigenvalue weighted by Gasteiger charge is 2.25. The fourth-order valence-corrected chi connectivity index (χ4v) is 5.78. The van der Waals surface area contributed by atoms with Crippen molar-refractivity contribution in [2.75, 3.05) is 26.2 Å². The molecule has 0 saturated carbocycles. The van der Waals surface area contributed by atoms with Crippen LogP contribution in [0.5, 0.6) is 5.75 Å². The van der Waals surface area contributed by atoms with Crippen LogP contribution < -0.4 is 0 Å². The van der Waals surface area contributed by atoms with Gasteiger partial charge in [-0.15, -0.1) is 0 Å². The van der Waals surface area contributed by atoms with Gasteiger partial charge in [-0.25, -0.2) is 9.37 Å². The SMILES string of the molecule is CCc1cc(O)c(F)cc1-c1ccc2c(-c3nc4c([nH]3)CN(CCN3CCCC3C)CC4)n[nH]c2c1. The highest BCUT2D eigenvalue weighted by molar-refractivity contribution is 5.94. The molecule has 0 radical (unpaired) electrons. The quantitative estimate of drug-likeness (QED) is 0.361. The lowest BCUT2D eigenvalue weighted by Crippen LogP contribution is -2.39. The summed E-state index contributed by atoms with van der Waals surface area (Å²) in [6.07, 6.45) is 4.28. The van der Waals surface area contributed by atoms with Gasteiger partial charge < -0.3 is 10.1 Å². The molecule has 2 aromatic heterocycles. The molecule has 4 aromatic rings.